The van der Waals surface area contributed by atoms with Crippen molar-refractivity contribution in [2.45, 2.75) is 32.9 Å². The monoisotopic (exact) mass is 326 g/mol. The van der Waals surface area contributed by atoms with E-state index in [-0.39, 0.29) is 11.6 Å². The summed E-state index contributed by atoms with van der Waals surface area (Å²) in [7, 11) is 1.79. The van der Waals surface area contributed by atoms with Gasteiger partial charge in [0.2, 0.25) is 5.91 Å². The van der Waals surface area contributed by atoms with E-state index in [0.29, 0.717) is 0 Å². The fourth-order valence-corrected chi connectivity index (χ4v) is 2.43. The maximum Gasteiger partial charge on any atom is 0.433 e. The SMILES string of the molecule is Cc1nn(C)c(C)c1C(C)C(=O)Nc1ccc(C(F)(F)F)nc1. The third kappa shape index (κ3) is 3.52. The highest BCUT2D eigenvalue weighted by molar-refractivity contribution is 5.95. The van der Waals surface area contributed by atoms with Gasteiger partial charge in [0, 0.05) is 18.3 Å². The van der Waals surface area contributed by atoms with E-state index < -0.39 is 17.8 Å². The molecule has 1 atom stereocenters. The molecule has 2 heterocycles. The number of alkyl halides is 3. The number of halogens is 3. The number of hydrogen-bond acceptors (Lipinski definition) is 3. The molecule has 0 saturated carbocycles. The standard InChI is InChI=1S/C15H17F3N4O/c1-8(13-9(2)21-22(4)10(13)3)14(23)20-11-5-6-12(19-7-11)15(16,17)18/h5-8H,1-4H3,(H,20,23). The molecule has 1 amide bonds. The quantitative estimate of drug-likeness (QED) is 0.942. The van der Waals surface area contributed by atoms with Crippen LogP contribution in [0.25, 0.3) is 0 Å². The maximum atomic E-state index is 12.5. The minimum absolute atomic E-state index is 0.217. The van der Waals surface area contributed by atoms with Crippen molar-refractivity contribution in [3.8, 4) is 0 Å². The van der Waals surface area contributed by atoms with Crippen LogP contribution in [-0.4, -0.2) is 20.7 Å². The van der Waals surface area contributed by atoms with Gasteiger partial charge in [0.25, 0.3) is 0 Å². The van der Waals surface area contributed by atoms with Crippen LogP contribution in [0.2, 0.25) is 0 Å². The Morgan fingerprint density at radius 2 is 1.96 bits per heavy atom. The fourth-order valence-electron chi connectivity index (χ4n) is 2.43. The number of nitrogens with zero attached hydrogens (tertiary/aromatic N) is 3. The van der Waals surface area contributed by atoms with Crippen molar-refractivity contribution < 1.29 is 18.0 Å². The summed E-state index contributed by atoms with van der Waals surface area (Å²) < 4.78 is 39.1. The van der Waals surface area contributed by atoms with Crippen LogP contribution in [0.4, 0.5) is 18.9 Å². The van der Waals surface area contributed by atoms with Crippen molar-refractivity contribution in [2.75, 3.05) is 5.32 Å². The molecule has 23 heavy (non-hydrogen) atoms. The van der Waals surface area contributed by atoms with Gasteiger partial charge in [-0.15, -0.1) is 0 Å². The van der Waals surface area contributed by atoms with Crippen LogP contribution in [0.5, 0.6) is 0 Å². The number of carbonyl (C=O) groups is 1. The largest absolute Gasteiger partial charge is 0.433 e. The van der Waals surface area contributed by atoms with E-state index in [1.807, 2.05) is 13.8 Å². The first kappa shape index (κ1) is 17.0. The molecular formula is C15H17F3N4O. The topological polar surface area (TPSA) is 59.8 Å². The zero-order valence-electron chi connectivity index (χ0n) is 13.2. The van der Waals surface area contributed by atoms with E-state index in [0.717, 1.165) is 29.2 Å². The predicted octanol–water partition coefficient (Wildman–Crippen LogP) is 3.19. The molecule has 2 aromatic heterocycles. The molecular weight excluding hydrogens is 309 g/mol. The molecule has 0 saturated heterocycles. The molecule has 1 unspecified atom stereocenters. The molecule has 0 spiro atoms. The van der Waals surface area contributed by atoms with Gasteiger partial charge in [-0.1, -0.05) is 0 Å². The number of hydrogen-bond donors (Lipinski definition) is 1. The Balaban J connectivity index is 2.15. The number of pyridine rings is 1. The number of anilines is 1. The van der Waals surface area contributed by atoms with Gasteiger partial charge in [0.1, 0.15) is 5.69 Å². The molecule has 0 aromatic carbocycles. The number of aromatic nitrogens is 3. The minimum Gasteiger partial charge on any atom is -0.324 e. The summed E-state index contributed by atoms with van der Waals surface area (Å²) in [5.41, 5.74) is 1.65. The molecule has 1 N–H and O–H groups in total. The molecule has 8 heteroatoms. The number of nitrogens with one attached hydrogen (secondary N) is 1. The van der Waals surface area contributed by atoms with E-state index >= 15 is 0 Å². The second-order valence-corrected chi connectivity index (χ2v) is 5.35. The number of carbonyl (C=O) groups excluding carboxylic acids is 1. The van der Waals surface area contributed by atoms with Crippen LogP contribution in [0, 0.1) is 13.8 Å². The highest BCUT2D eigenvalue weighted by atomic mass is 19.4. The zero-order chi connectivity index (χ0) is 17.4. The van der Waals surface area contributed by atoms with Gasteiger partial charge in [0.05, 0.1) is 23.5 Å². The normalized spacial score (nSPS) is 13.0. The summed E-state index contributed by atoms with van der Waals surface area (Å²) in [4.78, 5) is 15.6. The molecule has 5 nitrogen and oxygen atoms in total. The molecule has 0 fully saturated rings. The Morgan fingerprint density at radius 3 is 2.39 bits per heavy atom. The lowest BCUT2D eigenvalue weighted by molar-refractivity contribution is -0.141. The number of amides is 1. The van der Waals surface area contributed by atoms with Crippen molar-refractivity contribution in [3.05, 3.63) is 41.0 Å². The van der Waals surface area contributed by atoms with Crippen LogP contribution in [-0.2, 0) is 18.0 Å². The summed E-state index contributed by atoms with van der Waals surface area (Å²) in [6, 6.07) is 2.02. The van der Waals surface area contributed by atoms with Gasteiger partial charge < -0.3 is 5.32 Å². The van der Waals surface area contributed by atoms with Crippen molar-refractivity contribution in [1.82, 2.24) is 14.8 Å². The van der Waals surface area contributed by atoms with Crippen LogP contribution < -0.4 is 5.32 Å². The first-order valence-electron chi connectivity index (χ1n) is 6.95. The van der Waals surface area contributed by atoms with Crippen LogP contribution in [0.1, 0.15) is 35.5 Å². The Hall–Kier alpha value is -2.38. The summed E-state index contributed by atoms with van der Waals surface area (Å²) >= 11 is 0. The first-order valence-corrected chi connectivity index (χ1v) is 6.95. The Morgan fingerprint density at radius 1 is 1.30 bits per heavy atom. The van der Waals surface area contributed by atoms with Gasteiger partial charge in [-0.05, 0) is 32.9 Å². The maximum absolute atomic E-state index is 12.5. The van der Waals surface area contributed by atoms with E-state index in [1.54, 1.807) is 18.7 Å². The Kier molecular flexibility index (Phi) is 4.44. The molecule has 2 aromatic rings. The van der Waals surface area contributed by atoms with Crippen LogP contribution >= 0.6 is 0 Å². The second kappa shape index (κ2) is 6.02. The lowest BCUT2D eigenvalue weighted by Crippen LogP contribution is -2.20. The van der Waals surface area contributed by atoms with Crippen LogP contribution in [0.3, 0.4) is 0 Å². The second-order valence-electron chi connectivity index (χ2n) is 5.35. The summed E-state index contributed by atoms with van der Waals surface area (Å²) in [6.45, 7) is 5.40. The molecule has 0 bridgehead atoms. The fraction of sp³-hybridized carbons (Fsp3) is 0.400. The molecule has 0 aliphatic carbocycles. The number of aryl methyl sites for hydroxylation is 2. The molecule has 0 aliphatic heterocycles. The molecule has 2 rings (SSSR count). The van der Waals surface area contributed by atoms with E-state index in [4.69, 9.17) is 0 Å². The van der Waals surface area contributed by atoms with Gasteiger partial charge in [-0.2, -0.15) is 18.3 Å². The highest BCUT2D eigenvalue weighted by Crippen LogP contribution is 2.28. The molecule has 124 valence electrons. The summed E-state index contributed by atoms with van der Waals surface area (Å²) in [6.07, 6.45) is -3.50. The molecule has 0 radical (unpaired) electrons. The van der Waals surface area contributed by atoms with E-state index in [2.05, 4.69) is 15.4 Å². The van der Waals surface area contributed by atoms with Gasteiger partial charge >= 0.3 is 6.18 Å². The highest BCUT2D eigenvalue weighted by Gasteiger charge is 2.32. The Labute approximate surface area is 131 Å². The Bertz CT molecular complexity index is 720. The van der Waals surface area contributed by atoms with Crippen molar-refractivity contribution >= 4 is 11.6 Å². The third-order valence-corrected chi connectivity index (χ3v) is 3.71. The third-order valence-electron chi connectivity index (χ3n) is 3.71. The molecule has 0 aliphatic rings. The van der Waals surface area contributed by atoms with Crippen molar-refractivity contribution in [1.29, 1.82) is 0 Å². The van der Waals surface area contributed by atoms with E-state index in [1.165, 1.54) is 6.07 Å². The minimum atomic E-state index is -4.50. The van der Waals surface area contributed by atoms with Gasteiger partial charge in [0.15, 0.2) is 0 Å². The van der Waals surface area contributed by atoms with E-state index in [9.17, 15) is 18.0 Å². The first-order chi connectivity index (χ1) is 10.6. The van der Waals surface area contributed by atoms with Crippen molar-refractivity contribution in [3.63, 3.8) is 0 Å². The smallest absolute Gasteiger partial charge is 0.324 e. The predicted molar refractivity (Wildman–Crippen MR) is 79.0 cm³/mol. The summed E-state index contributed by atoms with van der Waals surface area (Å²) in [5.74, 6) is -0.809. The zero-order valence-corrected chi connectivity index (χ0v) is 13.2. The lowest BCUT2D eigenvalue weighted by atomic mass is 9.98. The van der Waals surface area contributed by atoms with Crippen LogP contribution in [0.15, 0.2) is 18.3 Å². The lowest BCUT2D eigenvalue weighted by Gasteiger charge is -2.13. The van der Waals surface area contributed by atoms with Gasteiger partial charge in [-0.25, -0.2) is 4.98 Å². The number of rotatable bonds is 3. The summed E-state index contributed by atoms with van der Waals surface area (Å²) in [5, 5.41) is 6.84. The average molecular weight is 326 g/mol. The van der Waals surface area contributed by atoms with Gasteiger partial charge in [-0.3, -0.25) is 9.48 Å². The average Bonchev–Trinajstić information content (AvgIpc) is 2.71. The van der Waals surface area contributed by atoms with Crippen molar-refractivity contribution in [2.24, 2.45) is 7.05 Å².